The predicted octanol–water partition coefficient (Wildman–Crippen LogP) is -0.787. The van der Waals surface area contributed by atoms with Gasteiger partial charge in [-0.05, 0) is 19.1 Å². The van der Waals surface area contributed by atoms with Gasteiger partial charge in [0.1, 0.15) is 7.11 Å². The van der Waals surface area contributed by atoms with Gasteiger partial charge in [-0.1, -0.05) is 16.9 Å². The zero-order valence-electron chi connectivity index (χ0n) is 11.6. The van der Waals surface area contributed by atoms with Crippen LogP contribution in [0.3, 0.4) is 0 Å². The number of carbonyl (C=O) groups is 1. The zero-order chi connectivity index (χ0) is 15.4. The highest BCUT2D eigenvalue weighted by molar-refractivity contribution is 5.77. The third-order valence-corrected chi connectivity index (χ3v) is 2.68. The highest BCUT2D eigenvalue weighted by Gasteiger charge is 2.15. The number of hydrogen-bond acceptors (Lipinski definition) is 6. The Hall–Kier alpha value is -2.77. The van der Waals surface area contributed by atoms with Crippen LogP contribution in [0.25, 0.3) is 10.9 Å². The van der Waals surface area contributed by atoms with Crippen LogP contribution in [0, 0.1) is 0 Å². The maximum absolute atomic E-state index is 12.1. The van der Waals surface area contributed by atoms with E-state index >= 15 is 0 Å². The minimum atomic E-state index is -0.842. The summed E-state index contributed by atoms with van der Waals surface area (Å²) in [5, 5.41) is 0.225. The molecule has 1 aromatic heterocycles. The van der Waals surface area contributed by atoms with Crippen molar-refractivity contribution in [3.05, 3.63) is 45.1 Å². The Labute approximate surface area is 119 Å². The molecule has 2 rings (SSSR count). The maximum atomic E-state index is 12.1. The topological polar surface area (TPSA) is 88.8 Å². The average Bonchev–Trinajstić information content (AvgIpc) is 2.48. The van der Waals surface area contributed by atoms with Crippen LogP contribution in [-0.2, 0) is 9.53 Å². The smallest absolute Gasteiger partial charge is 0.398 e. The molecular weight excluding hydrogens is 280 g/mol. The molecule has 0 spiro atoms. The molecule has 0 aliphatic carbocycles. The second-order valence-electron chi connectivity index (χ2n) is 3.95. The van der Waals surface area contributed by atoms with E-state index in [1.54, 1.807) is 19.1 Å². The van der Waals surface area contributed by atoms with E-state index in [9.17, 15) is 14.4 Å². The van der Waals surface area contributed by atoms with Crippen LogP contribution in [0.5, 0.6) is 0 Å². The highest BCUT2D eigenvalue weighted by atomic mass is 16.7. The average molecular weight is 294 g/mol. The van der Waals surface area contributed by atoms with Crippen molar-refractivity contribution >= 4 is 16.9 Å². The molecule has 0 unspecified atom stereocenters. The number of ether oxygens (including phenoxy) is 1. The Morgan fingerprint density at radius 1 is 1.19 bits per heavy atom. The highest BCUT2D eigenvalue weighted by Crippen LogP contribution is 2.05. The summed E-state index contributed by atoms with van der Waals surface area (Å²) in [5.74, 6) is -0.622. The van der Waals surface area contributed by atoms with Gasteiger partial charge < -0.3 is 14.4 Å². The molecule has 1 heterocycles. The van der Waals surface area contributed by atoms with E-state index in [2.05, 4.69) is 0 Å². The molecule has 0 atom stereocenters. The number of aromatic nitrogens is 2. The molecule has 8 heteroatoms. The lowest BCUT2D eigenvalue weighted by molar-refractivity contribution is -0.148. The van der Waals surface area contributed by atoms with Gasteiger partial charge in [-0.25, -0.2) is 9.59 Å². The van der Waals surface area contributed by atoms with Gasteiger partial charge in [0, 0.05) is 0 Å². The molecule has 0 saturated carbocycles. The van der Waals surface area contributed by atoms with Gasteiger partial charge in [-0.15, -0.1) is 4.73 Å². The molecule has 0 amide bonds. The lowest BCUT2D eigenvalue weighted by Gasteiger charge is -2.12. The lowest BCUT2D eigenvalue weighted by Crippen LogP contribution is -2.45. The summed E-state index contributed by atoms with van der Waals surface area (Å²) in [7, 11) is 1.19. The summed E-state index contributed by atoms with van der Waals surface area (Å²) in [6.07, 6.45) is 0. The summed E-state index contributed by atoms with van der Waals surface area (Å²) in [5.41, 5.74) is -1.20. The summed E-state index contributed by atoms with van der Waals surface area (Å²) in [6.45, 7) is 1.40. The predicted molar refractivity (Wildman–Crippen MR) is 73.1 cm³/mol. The van der Waals surface area contributed by atoms with Crippen molar-refractivity contribution in [2.24, 2.45) is 0 Å². The third kappa shape index (κ3) is 2.73. The van der Waals surface area contributed by atoms with E-state index in [4.69, 9.17) is 14.4 Å². The first-order valence-electron chi connectivity index (χ1n) is 6.20. The van der Waals surface area contributed by atoms with Gasteiger partial charge in [-0.2, -0.15) is 0 Å². The van der Waals surface area contributed by atoms with Crippen molar-refractivity contribution in [2.75, 3.05) is 20.3 Å². The van der Waals surface area contributed by atoms with Crippen molar-refractivity contribution in [3.63, 3.8) is 0 Å². The van der Waals surface area contributed by atoms with Crippen LogP contribution in [0.15, 0.2) is 33.9 Å². The molecule has 0 radical (unpaired) electrons. The molecule has 0 aliphatic rings. The van der Waals surface area contributed by atoms with Gasteiger partial charge in [0.2, 0.25) is 6.61 Å². The third-order valence-electron chi connectivity index (χ3n) is 2.68. The molecule has 8 nitrogen and oxygen atoms in total. The van der Waals surface area contributed by atoms with Crippen LogP contribution < -0.4 is 20.9 Å². The number of fused-ring (bicyclic) bond motifs is 1. The Balaban J connectivity index is 2.54. The van der Waals surface area contributed by atoms with Crippen molar-refractivity contribution in [2.45, 2.75) is 6.92 Å². The number of nitrogens with zero attached hydrogens (tertiary/aromatic N) is 2. The van der Waals surface area contributed by atoms with Crippen molar-refractivity contribution < 1.29 is 19.2 Å². The molecule has 1 aromatic carbocycles. The van der Waals surface area contributed by atoms with Gasteiger partial charge in [-0.3, -0.25) is 4.79 Å². The van der Waals surface area contributed by atoms with Crippen LogP contribution in [0.2, 0.25) is 0 Å². The zero-order valence-corrected chi connectivity index (χ0v) is 11.6. The molecule has 0 N–H and O–H groups in total. The second-order valence-corrected chi connectivity index (χ2v) is 3.95. The first kappa shape index (κ1) is 14.6. The fourth-order valence-electron chi connectivity index (χ4n) is 1.82. The minimum Gasteiger partial charge on any atom is -0.463 e. The Kier molecular flexibility index (Phi) is 4.27. The number of esters is 1. The normalized spacial score (nSPS) is 10.4. The largest absolute Gasteiger partial charge is 0.463 e. The maximum Gasteiger partial charge on any atom is 0.398 e. The monoisotopic (exact) mass is 294 g/mol. The number of rotatable bonds is 5. The van der Waals surface area contributed by atoms with Crippen molar-refractivity contribution in [1.29, 1.82) is 0 Å². The first-order valence-corrected chi connectivity index (χ1v) is 6.20. The fraction of sp³-hybridized carbons (Fsp3) is 0.308. The Bertz CT molecular complexity index is 776. The fourth-order valence-corrected chi connectivity index (χ4v) is 1.82. The molecule has 0 saturated heterocycles. The summed E-state index contributed by atoms with van der Waals surface area (Å²) < 4.78 is 6.10. The van der Waals surface area contributed by atoms with E-state index in [1.807, 2.05) is 0 Å². The number of carbonyl (C=O) groups excluding carboxylic acids is 1. The molecule has 21 heavy (non-hydrogen) atoms. The van der Waals surface area contributed by atoms with E-state index in [-0.39, 0.29) is 17.5 Å². The van der Waals surface area contributed by atoms with Crippen molar-refractivity contribution in [1.82, 2.24) is 9.46 Å². The summed E-state index contributed by atoms with van der Waals surface area (Å²) >= 11 is 0. The standard InChI is InChI=1S/C13H14N2O6/c1-3-20-11(16)8-21-14-10-7-5-4-6-9(10)12(17)15(19-2)13(14)18/h4-7H,3,8H2,1-2H3. The lowest BCUT2D eigenvalue weighted by atomic mass is 10.2. The number of para-hydroxylation sites is 1. The molecule has 0 aliphatic heterocycles. The molecule has 0 bridgehead atoms. The van der Waals surface area contributed by atoms with Gasteiger partial charge >= 0.3 is 11.7 Å². The van der Waals surface area contributed by atoms with Gasteiger partial charge in [0.05, 0.1) is 17.5 Å². The minimum absolute atomic E-state index is 0.204. The van der Waals surface area contributed by atoms with Crippen LogP contribution in [0.1, 0.15) is 6.92 Å². The van der Waals surface area contributed by atoms with E-state index in [0.717, 1.165) is 4.73 Å². The molecular formula is C13H14N2O6. The number of hydrogen-bond donors (Lipinski definition) is 0. The second kappa shape index (κ2) is 6.12. The van der Waals surface area contributed by atoms with Crippen molar-refractivity contribution in [3.8, 4) is 0 Å². The van der Waals surface area contributed by atoms with Gasteiger partial charge in [0.15, 0.2) is 0 Å². The van der Waals surface area contributed by atoms with Crippen LogP contribution >= 0.6 is 0 Å². The number of benzene rings is 1. The first-order chi connectivity index (χ1) is 10.1. The van der Waals surface area contributed by atoms with E-state index in [0.29, 0.717) is 4.73 Å². The quantitative estimate of drug-likeness (QED) is 0.672. The van der Waals surface area contributed by atoms with E-state index < -0.39 is 23.8 Å². The van der Waals surface area contributed by atoms with Crippen LogP contribution in [0.4, 0.5) is 0 Å². The van der Waals surface area contributed by atoms with Gasteiger partial charge in [0.25, 0.3) is 5.56 Å². The summed E-state index contributed by atoms with van der Waals surface area (Å²) in [4.78, 5) is 45.4. The van der Waals surface area contributed by atoms with Crippen LogP contribution in [-0.4, -0.2) is 35.8 Å². The Morgan fingerprint density at radius 2 is 1.90 bits per heavy atom. The molecule has 0 fully saturated rings. The molecule has 2 aromatic rings. The van der Waals surface area contributed by atoms with E-state index in [1.165, 1.54) is 19.2 Å². The molecule has 112 valence electrons. The Morgan fingerprint density at radius 3 is 2.57 bits per heavy atom. The SMILES string of the molecule is CCOC(=O)COn1c(=O)n(OC)c(=O)c2ccccc21. The summed E-state index contributed by atoms with van der Waals surface area (Å²) in [6, 6.07) is 6.34.